The molecule has 0 unspecified atom stereocenters. The highest BCUT2D eigenvalue weighted by molar-refractivity contribution is 6.49. The Morgan fingerprint density at radius 2 is 2.08 bits per heavy atom. The molecule has 0 radical (unpaired) electrons. The second kappa shape index (κ2) is 3.51. The minimum atomic E-state index is -0.966. The van der Waals surface area contributed by atoms with E-state index in [-0.39, 0.29) is 0 Å². The van der Waals surface area contributed by atoms with Gasteiger partial charge in [0.05, 0.1) is 0 Å². The van der Waals surface area contributed by atoms with Gasteiger partial charge in [-0.2, -0.15) is 0 Å². The van der Waals surface area contributed by atoms with Gasteiger partial charge in [-0.1, -0.05) is 65.7 Å². The average Bonchev–Trinajstić information content (AvgIpc) is 2.05. The molecule has 0 saturated heterocycles. The van der Waals surface area contributed by atoms with Crippen molar-refractivity contribution in [2.75, 3.05) is 0 Å². The van der Waals surface area contributed by atoms with Crippen LogP contribution in [0.4, 0.5) is 0 Å². The largest absolute Gasteiger partial charge is 0.161 e. The van der Waals surface area contributed by atoms with E-state index in [9.17, 15) is 0 Å². The van der Waals surface area contributed by atoms with Gasteiger partial charge in [-0.15, -0.1) is 0 Å². The summed E-state index contributed by atoms with van der Waals surface area (Å²) < 4.78 is -0.966. The van der Waals surface area contributed by atoms with Gasteiger partial charge >= 0.3 is 0 Å². The Morgan fingerprint density at radius 3 is 2.58 bits per heavy atom. The molecular formula is C10H10Cl2. The van der Waals surface area contributed by atoms with E-state index in [2.05, 4.69) is 6.58 Å². The highest BCUT2D eigenvalue weighted by atomic mass is 35.5. The topological polar surface area (TPSA) is 0 Å². The summed E-state index contributed by atoms with van der Waals surface area (Å²) in [6.07, 6.45) is 1.52. The van der Waals surface area contributed by atoms with E-state index in [1.807, 2.05) is 31.2 Å². The Balaban J connectivity index is 3.11. The van der Waals surface area contributed by atoms with Crippen LogP contribution in [0, 0.1) is 6.92 Å². The van der Waals surface area contributed by atoms with Crippen LogP contribution < -0.4 is 0 Å². The van der Waals surface area contributed by atoms with E-state index in [4.69, 9.17) is 23.2 Å². The van der Waals surface area contributed by atoms with Gasteiger partial charge in [0.2, 0.25) is 0 Å². The van der Waals surface area contributed by atoms with Gasteiger partial charge in [-0.3, -0.25) is 0 Å². The lowest BCUT2D eigenvalue weighted by molar-refractivity contribution is 1.10. The quantitative estimate of drug-likeness (QED) is 0.504. The van der Waals surface area contributed by atoms with Crippen LogP contribution in [0.15, 0.2) is 36.9 Å². The predicted octanol–water partition coefficient (Wildman–Crippen LogP) is 3.81. The van der Waals surface area contributed by atoms with Gasteiger partial charge in [0.25, 0.3) is 0 Å². The minimum Gasteiger partial charge on any atom is -0.0998 e. The third-order valence-electron chi connectivity index (χ3n) is 1.66. The lowest BCUT2D eigenvalue weighted by Gasteiger charge is -2.14. The van der Waals surface area contributed by atoms with Gasteiger partial charge < -0.3 is 0 Å². The van der Waals surface area contributed by atoms with Crippen molar-refractivity contribution < 1.29 is 0 Å². The SMILES string of the molecule is C=CC(Cl)(Cl)c1cccc(C)c1. The van der Waals surface area contributed by atoms with Crippen molar-refractivity contribution in [1.29, 1.82) is 0 Å². The monoisotopic (exact) mass is 200 g/mol. The van der Waals surface area contributed by atoms with E-state index in [1.54, 1.807) is 0 Å². The number of halogens is 2. The number of alkyl halides is 2. The van der Waals surface area contributed by atoms with Crippen LogP contribution in [0.25, 0.3) is 0 Å². The Morgan fingerprint density at radius 1 is 1.42 bits per heavy atom. The molecule has 0 spiro atoms. The van der Waals surface area contributed by atoms with Crippen LogP contribution in [0.2, 0.25) is 0 Å². The van der Waals surface area contributed by atoms with Gasteiger partial charge in [0, 0.05) is 0 Å². The van der Waals surface area contributed by atoms with Gasteiger partial charge in [-0.05, 0) is 12.5 Å². The molecule has 2 heteroatoms. The molecule has 0 nitrogen and oxygen atoms in total. The summed E-state index contributed by atoms with van der Waals surface area (Å²) in [6, 6.07) is 7.75. The van der Waals surface area contributed by atoms with Gasteiger partial charge in [0.15, 0.2) is 4.33 Å². The highest BCUT2D eigenvalue weighted by Gasteiger charge is 2.21. The molecule has 1 rings (SSSR count). The third-order valence-corrected chi connectivity index (χ3v) is 2.40. The highest BCUT2D eigenvalue weighted by Crippen LogP contribution is 2.34. The van der Waals surface area contributed by atoms with Crippen LogP contribution in [-0.4, -0.2) is 0 Å². The van der Waals surface area contributed by atoms with E-state index >= 15 is 0 Å². The molecule has 1 aromatic carbocycles. The number of aryl methyl sites for hydroxylation is 1. The lowest BCUT2D eigenvalue weighted by Crippen LogP contribution is -2.05. The van der Waals surface area contributed by atoms with E-state index in [1.165, 1.54) is 6.08 Å². The van der Waals surface area contributed by atoms with Crippen molar-refractivity contribution in [1.82, 2.24) is 0 Å². The Bertz CT molecular complexity index is 290. The number of hydrogen-bond donors (Lipinski definition) is 0. The fraction of sp³-hybridized carbons (Fsp3) is 0.200. The van der Waals surface area contributed by atoms with Gasteiger partial charge in [0.1, 0.15) is 0 Å². The van der Waals surface area contributed by atoms with Crippen LogP contribution in [0.5, 0.6) is 0 Å². The predicted molar refractivity (Wildman–Crippen MR) is 54.8 cm³/mol. The molecule has 0 saturated carbocycles. The zero-order valence-corrected chi connectivity index (χ0v) is 8.36. The molecule has 0 atom stereocenters. The second-order valence-electron chi connectivity index (χ2n) is 2.70. The van der Waals surface area contributed by atoms with E-state index in [0.29, 0.717) is 0 Å². The molecule has 1 aromatic rings. The van der Waals surface area contributed by atoms with Crippen LogP contribution in [0.3, 0.4) is 0 Å². The van der Waals surface area contributed by atoms with Crippen LogP contribution in [-0.2, 0) is 4.33 Å². The second-order valence-corrected chi connectivity index (χ2v) is 4.08. The first-order valence-electron chi connectivity index (χ1n) is 3.65. The zero-order chi connectivity index (χ0) is 9.19. The molecule has 64 valence electrons. The Hall–Kier alpha value is -0.460. The summed E-state index contributed by atoms with van der Waals surface area (Å²) in [5.41, 5.74) is 2.00. The Kier molecular flexibility index (Phi) is 2.81. The third kappa shape index (κ3) is 2.02. The average molecular weight is 201 g/mol. The Labute approximate surface area is 82.8 Å². The smallest absolute Gasteiger partial charge is 0.0998 e. The van der Waals surface area contributed by atoms with E-state index < -0.39 is 4.33 Å². The molecular weight excluding hydrogens is 191 g/mol. The first-order valence-corrected chi connectivity index (χ1v) is 4.40. The number of allylic oxidation sites excluding steroid dienone is 1. The van der Waals surface area contributed by atoms with Crippen molar-refractivity contribution >= 4 is 23.2 Å². The molecule has 0 amide bonds. The molecule has 0 aromatic heterocycles. The fourth-order valence-corrected chi connectivity index (χ4v) is 1.21. The van der Waals surface area contributed by atoms with E-state index in [0.717, 1.165) is 11.1 Å². The lowest BCUT2D eigenvalue weighted by atomic mass is 10.1. The van der Waals surface area contributed by atoms with Gasteiger partial charge in [-0.25, -0.2) is 0 Å². The minimum absolute atomic E-state index is 0.862. The molecule has 12 heavy (non-hydrogen) atoms. The summed E-state index contributed by atoms with van der Waals surface area (Å²) in [5.74, 6) is 0. The summed E-state index contributed by atoms with van der Waals surface area (Å²) in [6.45, 7) is 5.57. The maximum absolute atomic E-state index is 5.97. The summed E-state index contributed by atoms with van der Waals surface area (Å²) in [4.78, 5) is 0. The first-order chi connectivity index (χ1) is 5.56. The zero-order valence-electron chi connectivity index (χ0n) is 6.85. The van der Waals surface area contributed by atoms with Crippen molar-refractivity contribution in [3.8, 4) is 0 Å². The van der Waals surface area contributed by atoms with Crippen molar-refractivity contribution in [2.24, 2.45) is 0 Å². The molecule has 0 aliphatic heterocycles. The molecule has 0 N–H and O–H groups in total. The molecule has 0 aliphatic carbocycles. The van der Waals surface area contributed by atoms with Crippen molar-refractivity contribution in [2.45, 2.75) is 11.3 Å². The molecule has 0 bridgehead atoms. The summed E-state index contributed by atoms with van der Waals surface area (Å²) in [5, 5.41) is 0. The van der Waals surface area contributed by atoms with Crippen LogP contribution in [0.1, 0.15) is 11.1 Å². The normalized spacial score (nSPS) is 11.2. The first kappa shape index (κ1) is 9.63. The number of hydrogen-bond acceptors (Lipinski definition) is 0. The summed E-state index contributed by atoms with van der Waals surface area (Å²) in [7, 11) is 0. The maximum atomic E-state index is 5.97. The maximum Gasteiger partial charge on any atom is 0.161 e. The molecule has 0 aliphatic rings. The number of rotatable bonds is 2. The molecule has 0 heterocycles. The summed E-state index contributed by atoms with van der Waals surface area (Å²) >= 11 is 11.9. The number of benzene rings is 1. The van der Waals surface area contributed by atoms with Crippen molar-refractivity contribution in [3.63, 3.8) is 0 Å². The van der Waals surface area contributed by atoms with Crippen LogP contribution >= 0.6 is 23.2 Å². The molecule has 0 fully saturated rings. The fourth-order valence-electron chi connectivity index (χ4n) is 0.970. The van der Waals surface area contributed by atoms with Crippen molar-refractivity contribution in [3.05, 3.63) is 48.0 Å². The standard InChI is InChI=1S/C10H10Cl2/c1-3-10(11,12)9-6-4-5-8(2)7-9/h3-7H,1H2,2H3.